The van der Waals surface area contributed by atoms with Crippen LogP contribution in [0.2, 0.25) is 0 Å². The van der Waals surface area contributed by atoms with E-state index < -0.39 is 0 Å². The summed E-state index contributed by atoms with van der Waals surface area (Å²) in [6.07, 6.45) is 7.31. The number of hydrogen-bond donors (Lipinski definition) is 0. The molecular weight excluding hydrogens is 314 g/mol. The summed E-state index contributed by atoms with van der Waals surface area (Å²) in [7, 11) is 1.65. The molecule has 0 aromatic heterocycles. The maximum Gasteiger partial charge on any atom is 0.161 e. The zero-order valence-corrected chi connectivity index (χ0v) is 15.8. The van der Waals surface area contributed by atoms with Gasteiger partial charge in [0.05, 0.1) is 13.7 Å². The molecule has 25 heavy (non-hydrogen) atoms. The normalized spacial score (nSPS) is 17.1. The lowest BCUT2D eigenvalue weighted by Crippen LogP contribution is -2.35. The quantitative estimate of drug-likeness (QED) is 0.493. The number of piperidine rings is 1. The minimum atomic E-state index is 0.250. The topological polar surface area (TPSA) is 38.8 Å². The van der Waals surface area contributed by atoms with E-state index in [1.54, 1.807) is 7.11 Å². The Labute approximate surface area is 151 Å². The highest BCUT2D eigenvalue weighted by atomic mass is 16.5. The predicted octanol–water partition coefficient (Wildman–Crippen LogP) is 4.33. The van der Waals surface area contributed by atoms with Crippen LogP contribution in [0.1, 0.15) is 51.5 Å². The van der Waals surface area contributed by atoms with E-state index in [1.165, 1.54) is 19.3 Å². The lowest BCUT2D eigenvalue weighted by Gasteiger charge is -2.26. The molecule has 0 atom stereocenters. The Morgan fingerprint density at radius 2 is 2.00 bits per heavy atom. The number of unbranched alkanes of at least 4 members (excludes halogenated alkanes) is 3. The standard InChI is InChI=1S/C21H31NO3/c1-4-6-7-8-13-25-20-10-9-17(15-21(20)24-3)14-18-16-22(5-2)12-11-19(18)23/h9-10,14-15H,4-8,11-13,16H2,1-3H3/b18-14+. The number of likely N-dealkylation sites (tertiary alicyclic amines) is 1. The van der Waals surface area contributed by atoms with E-state index in [9.17, 15) is 4.79 Å². The third-order valence-corrected chi connectivity index (χ3v) is 4.64. The number of ether oxygens (including phenoxy) is 2. The number of Topliss-reactive ketones (excluding diaryl/α,β-unsaturated/α-hetero) is 1. The molecule has 0 radical (unpaired) electrons. The highest BCUT2D eigenvalue weighted by molar-refractivity contribution is 6.00. The molecule has 1 aliphatic heterocycles. The molecule has 4 heteroatoms. The van der Waals surface area contributed by atoms with Gasteiger partial charge in [-0.25, -0.2) is 0 Å². The molecule has 0 bridgehead atoms. The van der Waals surface area contributed by atoms with Gasteiger partial charge < -0.3 is 9.47 Å². The van der Waals surface area contributed by atoms with Gasteiger partial charge >= 0.3 is 0 Å². The van der Waals surface area contributed by atoms with Crippen molar-refractivity contribution in [3.63, 3.8) is 0 Å². The zero-order chi connectivity index (χ0) is 18.1. The van der Waals surface area contributed by atoms with Crippen LogP contribution in [0, 0.1) is 0 Å². The number of nitrogens with zero attached hydrogens (tertiary/aromatic N) is 1. The second kappa shape index (κ2) is 10.2. The van der Waals surface area contributed by atoms with Gasteiger partial charge in [-0.05, 0) is 36.7 Å². The van der Waals surface area contributed by atoms with Gasteiger partial charge in [-0.1, -0.05) is 39.2 Å². The Hall–Kier alpha value is -1.81. The lowest BCUT2D eigenvalue weighted by molar-refractivity contribution is -0.117. The van der Waals surface area contributed by atoms with Crippen molar-refractivity contribution >= 4 is 11.9 Å². The maximum atomic E-state index is 12.2. The van der Waals surface area contributed by atoms with Crippen LogP contribution in [0.5, 0.6) is 11.5 Å². The maximum absolute atomic E-state index is 12.2. The molecule has 1 saturated heterocycles. The first-order chi connectivity index (χ1) is 12.2. The molecule has 0 spiro atoms. The highest BCUT2D eigenvalue weighted by Crippen LogP contribution is 2.29. The summed E-state index contributed by atoms with van der Waals surface area (Å²) >= 11 is 0. The van der Waals surface area contributed by atoms with E-state index in [0.717, 1.165) is 48.7 Å². The van der Waals surface area contributed by atoms with E-state index >= 15 is 0 Å². The Kier molecular flexibility index (Phi) is 7.99. The molecule has 1 aliphatic rings. The molecule has 0 aliphatic carbocycles. The second-order valence-corrected chi connectivity index (χ2v) is 6.53. The number of methoxy groups -OCH3 is 1. The Morgan fingerprint density at radius 1 is 1.16 bits per heavy atom. The van der Waals surface area contributed by atoms with E-state index in [-0.39, 0.29) is 5.78 Å². The van der Waals surface area contributed by atoms with Crippen LogP contribution in [-0.2, 0) is 4.79 Å². The number of likely N-dealkylation sites (N-methyl/N-ethyl adjacent to an activating group) is 1. The zero-order valence-electron chi connectivity index (χ0n) is 15.8. The van der Waals surface area contributed by atoms with Crippen LogP contribution in [0.4, 0.5) is 0 Å². The first kappa shape index (κ1) is 19.5. The molecule has 1 aromatic carbocycles. The van der Waals surface area contributed by atoms with Crippen LogP contribution in [0.25, 0.3) is 6.08 Å². The SMILES string of the molecule is CCCCCCOc1ccc(/C=C2\CN(CC)CCC2=O)cc1OC. The molecule has 0 saturated carbocycles. The van der Waals surface area contributed by atoms with Crippen molar-refractivity contribution < 1.29 is 14.3 Å². The average molecular weight is 345 g/mol. The van der Waals surface area contributed by atoms with Crippen LogP contribution >= 0.6 is 0 Å². The summed E-state index contributed by atoms with van der Waals surface area (Å²) in [5.74, 6) is 1.74. The monoisotopic (exact) mass is 345 g/mol. The predicted molar refractivity (Wildman–Crippen MR) is 102 cm³/mol. The Morgan fingerprint density at radius 3 is 2.72 bits per heavy atom. The molecular formula is C21H31NO3. The number of carbonyl (C=O) groups excluding carboxylic acids is 1. The van der Waals surface area contributed by atoms with E-state index in [0.29, 0.717) is 13.0 Å². The number of rotatable bonds is 9. The van der Waals surface area contributed by atoms with Crippen molar-refractivity contribution in [1.82, 2.24) is 4.90 Å². The molecule has 0 unspecified atom stereocenters. The summed E-state index contributed by atoms with van der Waals surface area (Å²) in [5, 5.41) is 0. The third kappa shape index (κ3) is 5.89. The van der Waals surface area contributed by atoms with Gasteiger partial charge in [-0.3, -0.25) is 9.69 Å². The molecule has 2 rings (SSSR count). The highest BCUT2D eigenvalue weighted by Gasteiger charge is 2.20. The fourth-order valence-corrected chi connectivity index (χ4v) is 3.03. The average Bonchev–Trinajstić information content (AvgIpc) is 2.64. The van der Waals surface area contributed by atoms with Gasteiger partial charge in [-0.2, -0.15) is 0 Å². The number of benzene rings is 1. The summed E-state index contributed by atoms with van der Waals surface area (Å²) in [5.41, 5.74) is 1.86. The smallest absolute Gasteiger partial charge is 0.161 e. The minimum Gasteiger partial charge on any atom is -0.493 e. The molecule has 1 aromatic rings. The Balaban J connectivity index is 2.04. The molecule has 1 fully saturated rings. The van der Waals surface area contributed by atoms with Gasteiger partial charge in [0.2, 0.25) is 0 Å². The summed E-state index contributed by atoms with van der Waals surface area (Å²) in [6.45, 7) is 7.60. The Bertz CT molecular complexity index is 595. The van der Waals surface area contributed by atoms with Crippen molar-refractivity contribution in [2.45, 2.75) is 46.0 Å². The second-order valence-electron chi connectivity index (χ2n) is 6.53. The minimum absolute atomic E-state index is 0.250. The largest absolute Gasteiger partial charge is 0.493 e. The van der Waals surface area contributed by atoms with Gasteiger partial charge in [-0.15, -0.1) is 0 Å². The number of hydrogen-bond acceptors (Lipinski definition) is 4. The summed E-state index contributed by atoms with van der Waals surface area (Å²) < 4.78 is 11.3. The van der Waals surface area contributed by atoms with Crippen molar-refractivity contribution in [2.75, 3.05) is 33.4 Å². The van der Waals surface area contributed by atoms with Crippen LogP contribution in [0.15, 0.2) is 23.8 Å². The number of carbonyl (C=O) groups is 1. The first-order valence-electron chi connectivity index (χ1n) is 9.44. The van der Waals surface area contributed by atoms with Crippen molar-refractivity contribution in [3.8, 4) is 11.5 Å². The molecule has 1 heterocycles. The van der Waals surface area contributed by atoms with Gasteiger partial charge in [0, 0.05) is 25.1 Å². The van der Waals surface area contributed by atoms with Gasteiger partial charge in [0.1, 0.15) is 0 Å². The van der Waals surface area contributed by atoms with Crippen molar-refractivity contribution in [3.05, 3.63) is 29.3 Å². The third-order valence-electron chi connectivity index (χ3n) is 4.64. The van der Waals surface area contributed by atoms with E-state index in [1.807, 2.05) is 24.3 Å². The molecule has 0 N–H and O–H groups in total. The van der Waals surface area contributed by atoms with E-state index in [2.05, 4.69) is 18.7 Å². The summed E-state index contributed by atoms with van der Waals surface area (Å²) in [6, 6.07) is 5.89. The van der Waals surface area contributed by atoms with Crippen molar-refractivity contribution in [2.24, 2.45) is 0 Å². The first-order valence-corrected chi connectivity index (χ1v) is 9.44. The van der Waals surface area contributed by atoms with Crippen molar-refractivity contribution in [1.29, 1.82) is 0 Å². The number of ketones is 1. The van der Waals surface area contributed by atoms with Crippen LogP contribution < -0.4 is 9.47 Å². The molecule has 4 nitrogen and oxygen atoms in total. The molecule has 0 amide bonds. The van der Waals surface area contributed by atoms with Crippen LogP contribution in [-0.4, -0.2) is 44.0 Å². The van der Waals surface area contributed by atoms with Gasteiger partial charge in [0.15, 0.2) is 17.3 Å². The molecule has 138 valence electrons. The van der Waals surface area contributed by atoms with Gasteiger partial charge in [0.25, 0.3) is 0 Å². The van der Waals surface area contributed by atoms with E-state index in [4.69, 9.17) is 9.47 Å². The fraction of sp³-hybridized carbons (Fsp3) is 0.571. The lowest BCUT2D eigenvalue weighted by atomic mass is 10.0. The summed E-state index contributed by atoms with van der Waals surface area (Å²) in [4.78, 5) is 14.4. The van der Waals surface area contributed by atoms with Crippen LogP contribution in [0.3, 0.4) is 0 Å². The fourth-order valence-electron chi connectivity index (χ4n) is 3.03.